The third kappa shape index (κ3) is 3.45. The molecule has 0 N–H and O–H groups in total. The third-order valence-electron chi connectivity index (χ3n) is 4.44. The van der Waals surface area contributed by atoms with Crippen molar-refractivity contribution in [2.24, 2.45) is 5.41 Å². The topological polar surface area (TPSA) is 17.8 Å². The van der Waals surface area contributed by atoms with E-state index >= 15 is 0 Å². The van der Waals surface area contributed by atoms with Crippen LogP contribution in [-0.4, -0.2) is 15.3 Å². The van der Waals surface area contributed by atoms with Crippen molar-refractivity contribution in [2.45, 2.75) is 59.4 Å². The molecule has 1 aromatic heterocycles. The zero-order valence-corrected chi connectivity index (χ0v) is 14.5. The van der Waals surface area contributed by atoms with Crippen molar-refractivity contribution >= 4 is 23.7 Å². The summed E-state index contributed by atoms with van der Waals surface area (Å²) in [6.45, 7) is 7.79. The normalized spacial score (nSPS) is 12.2. The molecular weight excluding hydrogens is 276 g/mol. The van der Waals surface area contributed by atoms with E-state index in [2.05, 4.69) is 49.6 Å². The molecule has 0 spiro atoms. The molecule has 0 unspecified atom stereocenters. The first kappa shape index (κ1) is 16.4. The van der Waals surface area contributed by atoms with Crippen LogP contribution in [0.25, 0.3) is 11.0 Å². The van der Waals surface area contributed by atoms with Crippen molar-refractivity contribution in [3.63, 3.8) is 0 Å². The molecule has 116 valence electrons. The average Bonchev–Trinajstić information content (AvgIpc) is 2.85. The summed E-state index contributed by atoms with van der Waals surface area (Å²) in [5.74, 6) is 2.15. The van der Waals surface area contributed by atoms with E-state index in [0.29, 0.717) is 5.41 Å². The standard InChI is InChI=1S/C18H28N2S/c1-4-11-18(14-21,12-5-2)13-20-16-10-8-7-9-15(16)19-17(20)6-3/h7-10,21H,4-6,11-14H2,1-3H3. The van der Waals surface area contributed by atoms with Gasteiger partial charge < -0.3 is 4.57 Å². The molecule has 1 aromatic carbocycles. The fourth-order valence-corrected chi connectivity index (χ4v) is 3.88. The third-order valence-corrected chi connectivity index (χ3v) is 5.11. The summed E-state index contributed by atoms with van der Waals surface area (Å²) in [6, 6.07) is 8.50. The molecule has 2 nitrogen and oxygen atoms in total. The predicted molar refractivity (Wildman–Crippen MR) is 95.2 cm³/mol. The van der Waals surface area contributed by atoms with Gasteiger partial charge in [-0.1, -0.05) is 45.7 Å². The maximum atomic E-state index is 4.81. The van der Waals surface area contributed by atoms with Crippen LogP contribution in [0.5, 0.6) is 0 Å². The number of rotatable bonds is 8. The Bertz CT molecular complexity index is 568. The maximum absolute atomic E-state index is 4.81. The number of benzene rings is 1. The van der Waals surface area contributed by atoms with Gasteiger partial charge in [0.15, 0.2) is 0 Å². The highest BCUT2D eigenvalue weighted by Gasteiger charge is 2.29. The lowest BCUT2D eigenvalue weighted by Crippen LogP contribution is -2.29. The van der Waals surface area contributed by atoms with Crippen LogP contribution in [0.3, 0.4) is 0 Å². The lowest BCUT2D eigenvalue weighted by atomic mass is 9.80. The number of nitrogens with zero attached hydrogens (tertiary/aromatic N) is 2. The predicted octanol–water partition coefficient (Wildman–Crippen LogP) is 5.12. The molecule has 2 rings (SSSR count). The number of thiol groups is 1. The number of hydrogen-bond acceptors (Lipinski definition) is 2. The van der Waals surface area contributed by atoms with Crippen molar-refractivity contribution in [1.82, 2.24) is 9.55 Å². The summed E-state index contributed by atoms with van der Waals surface area (Å²) < 4.78 is 2.44. The van der Waals surface area contributed by atoms with E-state index in [4.69, 9.17) is 17.6 Å². The highest BCUT2D eigenvalue weighted by atomic mass is 32.1. The quantitative estimate of drug-likeness (QED) is 0.671. The van der Waals surface area contributed by atoms with Crippen LogP contribution in [0.2, 0.25) is 0 Å². The molecule has 0 saturated heterocycles. The highest BCUT2D eigenvalue weighted by Crippen LogP contribution is 2.35. The molecule has 0 aliphatic rings. The molecule has 0 saturated carbocycles. The van der Waals surface area contributed by atoms with E-state index in [0.717, 1.165) is 24.2 Å². The summed E-state index contributed by atoms with van der Waals surface area (Å²) in [5, 5.41) is 0. The molecule has 3 heteroatoms. The largest absolute Gasteiger partial charge is 0.327 e. The van der Waals surface area contributed by atoms with Crippen molar-refractivity contribution in [3.8, 4) is 0 Å². The fourth-order valence-electron chi connectivity index (χ4n) is 3.46. The van der Waals surface area contributed by atoms with Gasteiger partial charge in [0.05, 0.1) is 11.0 Å². The minimum atomic E-state index is 0.292. The molecule has 0 atom stereocenters. The molecule has 0 amide bonds. The van der Waals surface area contributed by atoms with E-state index in [1.165, 1.54) is 37.0 Å². The number of hydrogen-bond donors (Lipinski definition) is 1. The van der Waals surface area contributed by atoms with Gasteiger partial charge in [0.2, 0.25) is 0 Å². The Hall–Kier alpha value is -0.960. The number of para-hydroxylation sites is 2. The lowest BCUT2D eigenvalue weighted by Gasteiger charge is -2.33. The van der Waals surface area contributed by atoms with Crippen LogP contribution in [-0.2, 0) is 13.0 Å². The summed E-state index contributed by atoms with van der Waals surface area (Å²) in [6.07, 6.45) is 5.89. The molecule has 0 fully saturated rings. The average molecular weight is 305 g/mol. The Kier molecular flexibility index (Phi) is 5.74. The Morgan fingerprint density at radius 3 is 2.33 bits per heavy atom. The molecule has 0 radical (unpaired) electrons. The Morgan fingerprint density at radius 2 is 1.76 bits per heavy atom. The molecular formula is C18H28N2S. The van der Waals surface area contributed by atoms with Crippen LogP contribution in [0.4, 0.5) is 0 Å². The second-order valence-electron chi connectivity index (χ2n) is 6.11. The van der Waals surface area contributed by atoms with Gasteiger partial charge in [-0.25, -0.2) is 4.98 Å². The van der Waals surface area contributed by atoms with Gasteiger partial charge in [0.25, 0.3) is 0 Å². The van der Waals surface area contributed by atoms with Gasteiger partial charge in [0, 0.05) is 13.0 Å². The van der Waals surface area contributed by atoms with Gasteiger partial charge in [0.1, 0.15) is 5.82 Å². The molecule has 0 aliphatic carbocycles. The van der Waals surface area contributed by atoms with Crippen molar-refractivity contribution < 1.29 is 0 Å². The van der Waals surface area contributed by atoms with E-state index in [1.54, 1.807) is 0 Å². The number of imidazole rings is 1. The second-order valence-corrected chi connectivity index (χ2v) is 6.43. The molecule has 2 aromatic rings. The monoisotopic (exact) mass is 304 g/mol. The molecule has 0 bridgehead atoms. The first-order valence-electron chi connectivity index (χ1n) is 8.24. The fraction of sp³-hybridized carbons (Fsp3) is 0.611. The van der Waals surface area contributed by atoms with Crippen LogP contribution >= 0.6 is 12.6 Å². The number of aromatic nitrogens is 2. The van der Waals surface area contributed by atoms with Crippen LogP contribution in [0.15, 0.2) is 24.3 Å². The zero-order valence-electron chi connectivity index (χ0n) is 13.6. The summed E-state index contributed by atoms with van der Waals surface area (Å²) in [5.41, 5.74) is 2.68. The molecule has 1 heterocycles. The van der Waals surface area contributed by atoms with Crippen molar-refractivity contribution in [3.05, 3.63) is 30.1 Å². The van der Waals surface area contributed by atoms with E-state index < -0.39 is 0 Å². The number of fused-ring (bicyclic) bond motifs is 1. The van der Waals surface area contributed by atoms with E-state index in [9.17, 15) is 0 Å². The summed E-state index contributed by atoms with van der Waals surface area (Å²) in [7, 11) is 0. The highest BCUT2D eigenvalue weighted by molar-refractivity contribution is 7.80. The first-order chi connectivity index (χ1) is 10.2. The Labute approximate surface area is 134 Å². The summed E-state index contributed by atoms with van der Waals surface area (Å²) >= 11 is 4.70. The Balaban J connectivity index is 2.44. The van der Waals surface area contributed by atoms with Crippen molar-refractivity contribution in [1.29, 1.82) is 0 Å². The van der Waals surface area contributed by atoms with Gasteiger partial charge in [-0.05, 0) is 36.1 Å². The van der Waals surface area contributed by atoms with Crippen molar-refractivity contribution in [2.75, 3.05) is 5.75 Å². The minimum Gasteiger partial charge on any atom is -0.327 e. The van der Waals surface area contributed by atoms with E-state index in [-0.39, 0.29) is 0 Å². The molecule has 0 aliphatic heterocycles. The second kappa shape index (κ2) is 7.35. The smallest absolute Gasteiger partial charge is 0.109 e. The van der Waals surface area contributed by atoms with Gasteiger partial charge in [-0.3, -0.25) is 0 Å². The van der Waals surface area contributed by atoms with Gasteiger partial charge in [-0.2, -0.15) is 12.6 Å². The molecule has 21 heavy (non-hydrogen) atoms. The van der Waals surface area contributed by atoms with Gasteiger partial charge in [-0.15, -0.1) is 0 Å². The number of aryl methyl sites for hydroxylation is 1. The first-order valence-corrected chi connectivity index (χ1v) is 8.88. The maximum Gasteiger partial charge on any atom is 0.109 e. The SMILES string of the molecule is CCCC(CS)(CCC)Cn1c(CC)nc2ccccc21. The van der Waals surface area contributed by atoms with Crippen LogP contribution in [0.1, 0.15) is 52.3 Å². The van der Waals surface area contributed by atoms with E-state index in [1.807, 2.05) is 0 Å². The Morgan fingerprint density at radius 1 is 1.10 bits per heavy atom. The lowest BCUT2D eigenvalue weighted by molar-refractivity contribution is 0.232. The minimum absolute atomic E-state index is 0.292. The van der Waals surface area contributed by atoms with Gasteiger partial charge >= 0.3 is 0 Å². The van der Waals surface area contributed by atoms with Crippen LogP contribution < -0.4 is 0 Å². The summed E-state index contributed by atoms with van der Waals surface area (Å²) in [4.78, 5) is 4.81. The zero-order chi connectivity index (χ0) is 15.3. The van der Waals surface area contributed by atoms with Crippen LogP contribution in [0, 0.1) is 5.41 Å².